The number of benzene rings is 2. The van der Waals surface area contributed by atoms with Gasteiger partial charge in [0.1, 0.15) is 16.5 Å². The molecule has 0 saturated carbocycles. The number of hydrogen-bond acceptors (Lipinski definition) is 5. The lowest BCUT2D eigenvalue weighted by Gasteiger charge is -2.26. The quantitative estimate of drug-likeness (QED) is 0.526. The Morgan fingerprint density at radius 2 is 1.90 bits per heavy atom. The first-order chi connectivity index (χ1) is 14.0. The Morgan fingerprint density at radius 3 is 2.59 bits per heavy atom. The van der Waals surface area contributed by atoms with Gasteiger partial charge >= 0.3 is 0 Å². The molecule has 0 aliphatic carbocycles. The van der Waals surface area contributed by atoms with Crippen LogP contribution in [0.3, 0.4) is 0 Å². The van der Waals surface area contributed by atoms with Gasteiger partial charge in [0.25, 0.3) is 0 Å². The molecule has 0 fully saturated rings. The molecule has 0 spiro atoms. The number of carbonyl (C=O) groups excluding carboxylic acids is 1. The zero-order chi connectivity index (χ0) is 20.8. The molecule has 6 heteroatoms. The smallest absolute Gasteiger partial charge is 0.228 e. The van der Waals surface area contributed by atoms with E-state index in [4.69, 9.17) is 9.47 Å². The second kappa shape index (κ2) is 9.56. The fraction of sp³-hybridized carbons (Fsp3) is 0.304. The van der Waals surface area contributed by atoms with Crippen molar-refractivity contribution in [3.63, 3.8) is 0 Å². The molecule has 152 valence electrons. The molecule has 1 atom stereocenters. The van der Waals surface area contributed by atoms with Gasteiger partial charge in [-0.15, -0.1) is 11.3 Å². The van der Waals surface area contributed by atoms with Gasteiger partial charge in [-0.1, -0.05) is 18.2 Å². The number of nitrogens with zero attached hydrogens (tertiary/aromatic N) is 2. The highest BCUT2D eigenvalue weighted by Gasteiger charge is 2.21. The van der Waals surface area contributed by atoms with Crippen LogP contribution in [-0.2, 0) is 11.2 Å². The molecule has 0 radical (unpaired) electrons. The Kier molecular flexibility index (Phi) is 6.88. The monoisotopic (exact) mass is 410 g/mol. The van der Waals surface area contributed by atoms with Crippen LogP contribution in [0, 0.1) is 0 Å². The number of carbonyl (C=O) groups is 1. The van der Waals surface area contributed by atoms with E-state index in [-0.39, 0.29) is 18.4 Å². The fourth-order valence-electron chi connectivity index (χ4n) is 3.10. The lowest BCUT2D eigenvalue weighted by molar-refractivity contribution is -0.131. The first-order valence-electron chi connectivity index (χ1n) is 9.59. The first-order valence-corrected chi connectivity index (χ1v) is 10.5. The predicted octanol–water partition coefficient (Wildman–Crippen LogP) is 4.98. The van der Waals surface area contributed by atoms with E-state index in [1.165, 1.54) is 0 Å². The van der Waals surface area contributed by atoms with Crippen molar-refractivity contribution in [1.82, 2.24) is 9.88 Å². The molecule has 1 heterocycles. The molecule has 5 nitrogen and oxygen atoms in total. The first kappa shape index (κ1) is 20.9. The van der Waals surface area contributed by atoms with Crippen LogP contribution in [0.25, 0.3) is 10.6 Å². The molecule has 2 aromatic carbocycles. The van der Waals surface area contributed by atoms with E-state index in [1.807, 2.05) is 74.8 Å². The van der Waals surface area contributed by atoms with Crippen LogP contribution in [-0.4, -0.2) is 36.6 Å². The van der Waals surface area contributed by atoms with Crippen LogP contribution in [0.4, 0.5) is 0 Å². The molecular formula is C23H26N2O3S. The minimum absolute atomic E-state index is 0.0203. The van der Waals surface area contributed by atoms with E-state index in [1.54, 1.807) is 23.3 Å². The molecule has 0 N–H and O–H groups in total. The van der Waals surface area contributed by atoms with Crippen molar-refractivity contribution in [2.75, 3.05) is 20.8 Å². The van der Waals surface area contributed by atoms with Gasteiger partial charge in [-0.3, -0.25) is 4.79 Å². The summed E-state index contributed by atoms with van der Waals surface area (Å²) in [4.78, 5) is 19.2. The van der Waals surface area contributed by atoms with E-state index < -0.39 is 0 Å². The summed E-state index contributed by atoms with van der Waals surface area (Å²) in [6, 6.07) is 15.5. The maximum Gasteiger partial charge on any atom is 0.228 e. The number of amides is 1. The summed E-state index contributed by atoms with van der Waals surface area (Å²) in [6.07, 6.45) is 0.267. The van der Waals surface area contributed by atoms with Crippen molar-refractivity contribution >= 4 is 17.2 Å². The summed E-state index contributed by atoms with van der Waals surface area (Å²) < 4.78 is 10.9. The molecule has 3 rings (SSSR count). The lowest BCUT2D eigenvalue weighted by Crippen LogP contribution is -2.31. The molecule has 0 aliphatic rings. The van der Waals surface area contributed by atoms with Gasteiger partial charge in [0.2, 0.25) is 5.91 Å². The molecule has 1 unspecified atom stereocenters. The summed E-state index contributed by atoms with van der Waals surface area (Å²) in [6.45, 7) is 4.61. The predicted molar refractivity (Wildman–Crippen MR) is 117 cm³/mol. The minimum atomic E-state index is -0.0946. The second-order valence-corrected chi connectivity index (χ2v) is 7.56. The average Bonchev–Trinajstić information content (AvgIpc) is 3.21. The van der Waals surface area contributed by atoms with Crippen LogP contribution in [0.5, 0.6) is 11.5 Å². The summed E-state index contributed by atoms with van der Waals surface area (Å²) in [5, 5.41) is 2.85. The van der Waals surface area contributed by atoms with E-state index in [0.29, 0.717) is 6.61 Å². The Hall–Kier alpha value is -2.86. The normalized spacial score (nSPS) is 11.7. The highest BCUT2D eigenvalue weighted by atomic mass is 32.1. The van der Waals surface area contributed by atoms with Crippen molar-refractivity contribution in [3.8, 4) is 22.1 Å². The molecule has 0 aliphatic heterocycles. The Labute approximate surface area is 175 Å². The van der Waals surface area contributed by atoms with Crippen molar-refractivity contribution in [2.45, 2.75) is 26.3 Å². The van der Waals surface area contributed by atoms with E-state index in [0.717, 1.165) is 33.3 Å². The Morgan fingerprint density at radius 1 is 1.17 bits per heavy atom. The van der Waals surface area contributed by atoms with Gasteiger partial charge in [0.05, 0.1) is 31.9 Å². The van der Waals surface area contributed by atoms with Crippen LogP contribution >= 0.6 is 11.3 Å². The molecule has 0 bridgehead atoms. The Balaban J connectivity index is 1.67. The molecule has 29 heavy (non-hydrogen) atoms. The second-order valence-electron chi connectivity index (χ2n) is 6.70. The summed E-state index contributed by atoms with van der Waals surface area (Å²) >= 11 is 1.54. The van der Waals surface area contributed by atoms with Crippen molar-refractivity contribution in [2.24, 2.45) is 0 Å². The zero-order valence-corrected chi connectivity index (χ0v) is 18.0. The summed E-state index contributed by atoms with van der Waals surface area (Å²) in [7, 11) is 3.46. The highest BCUT2D eigenvalue weighted by Crippen LogP contribution is 2.29. The SMILES string of the molecule is CCOc1ccc(-c2nc(CC(=O)N(C)C(C)c3ccccc3OC)cs2)cc1. The van der Waals surface area contributed by atoms with Crippen LogP contribution < -0.4 is 9.47 Å². The number of thiazole rings is 1. The lowest BCUT2D eigenvalue weighted by atomic mass is 10.1. The molecular weight excluding hydrogens is 384 g/mol. The largest absolute Gasteiger partial charge is 0.496 e. The van der Waals surface area contributed by atoms with Gasteiger partial charge in [-0.25, -0.2) is 4.98 Å². The third kappa shape index (κ3) is 4.95. The van der Waals surface area contributed by atoms with E-state index in [2.05, 4.69) is 4.98 Å². The minimum Gasteiger partial charge on any atom is -0.496 e. The molecule has 1 amide bonds. The third-order valence-electron chi connectivity index (χ3n) is 4.86. The van der Waals surface area contributed by atoms with Crippen molar-refractivity contribution in [1.29, 1.82) is 0 Å². The average molecular weight is 411 g/mol. The van der Waals surface area contributed by atoms with E-state index in [9.17, 15) is 4.79 Å². The molecule has 0 saturated heterocycles. The fourth-order valence-corrected chi connectivity index (χ4v) is 3.92. The number of methoxy groups -OCH3 is 1. The molecule has 3 aromatic rings. The maximum atomic E-state index is 12.8. The number of para-hydroxylation sites is 1. The zero-order valence-electron chi connectivity index (χ0n) is 17.2. The molecule has 1 aromatic heterocycles. The van der Waals surface area contributed by atoms with Crippen LogP contribution in [0.1, 0.15) is 31.1 Å². The number of hydrogen-bond donors (Lipinski definition) is 0. The van der Waals surface area contributed by atoms with E-state index >= 15 is 0 Å². The van der Waals surface area contributed by atoms with Crippen LogP contribution in [0.2, 0.25) is 0 Å². The van der Waals surface area contributed by atoms with Gasteiger partial charge in [0.15, 0.2) is 0 Å². The topological polar surface area (TPSA) is 51.7 Å². The van der Waals surface area contributed by atoms with Gasteiger partial charge in [-0.2, -0.15) is 0 Å². The highest BCUT2D eigenvalue weighted by molar-refractivity contribution is 7.13. The van der Waals surface area contributed by atoms with Gasteiger partial charge < -0.3 is 14.4 Å². The van der Waals surface area contributed by atoms with Gasteiger partial charge in [-0.05, 0) is 44.2 Å². The van der Waals surface area contributed by atoms with Crippen LogP contribution in [0.15, 0.2) is 53.9 Å². The Bertz CT molecular complexity index is 953. The number of rotatable bonds is 8. The number of ether oxygens (including phenoxy) is 2. The number of aromatic nitrogens is 1. The van der Waals surface area contributed by atoms with Crippen molar-refractivity contribution in [3.05, 3.63) is 65.2 Å². The summed E-state index contributed by atoms with van der Waals surface area (Å²) in [5.74, 6) is 1.65. The third-order valence-corrected chi connectivity index (χ3v) is 5.80. The number of likely N-dealkylation sites (N-methyl/N-ethyl adjacent to an activating group) is 1. The standard InChI is InChI=1S/C23H26N2O3S/c1-5-28-19-12-10-17(11-13-19)23-24-18(15-29-23)14-22(26)25(3)16(2)20-8-6-7-9-21(20)27-4/h6-13,15-16H,5,14H2,1-4H3. The van der Waals surface area contributed by atoms with Gasteiger partial charge in [0, 0.05) is 23.6 Å². The van der Waals surface area contributed by atoms with Crippen molar-refractivity contribution < 1.29 is 14.3 Å². The maximum absolute atomic E-state index is 12.8. The summed E-state index contributed by atoms with van der Waals surface area (Å²) in [5.41, 5.74) is 2.79.